The highest BCUT2D eigenvalue weighted by Gasteiger charge is 2.12. The molecule has 208 valence electrons. The van der Waals surface area contributed by atoms with Crippen molar-refractivity contribution < 1.29 is 0 Å². The van der Waals surface area contributed by atoms with Gasteiger partial charge in [-0.1, -0.05) is 161 Å². The van der Waals surface area contributed by atoms with Crippen LogP contribution in [0.2, 0.25) is 0 Å². The van der Waals surface area contributed by atoms with Crippen molar-refractivity contribution in [3.63, 3.8) is 0 Å². The SMILES string of the molecule is C=C/C=C\C(=C/C)CC(CCC)CCC.C=CCCC(=C)C.CC.CCCCC(CC)C(C)CC. The van der Waals surface area contributed by atoms with E-state index < -0.39 is 0 Å². The summed E-state index contributed by atoms with van der Waals surface area (Å²) in [6, 6.07) is 0. The quantitative estimate of drug-likeness (QED) is 0.141. The molecule has 0 aromatic rings. The van der Waals surface area contributed by atoms with Crippen LogP contribution in [0.4, 0.5) is 0 Å². The Morgan fingerprint density at radius 1 is 0.857 bits per heavy atom. The van der Waals surface area contributed by atoms with Crippen LogP contribution in [-0.2, 0) is 0 Å². The second-order valence-corrected chi connectivity index (χ2v) is 9.59. The number of rotatable bonds is 17. The third-order valence-corrected chi connectivity index (χ3v) is 6.41. The molecule has 0 heteroatoms. The molecule has 0 aromatic heterocycles. The van der Waals surface area contributed by atoms with E-state index in [0.29, 0.717) is 0 Å². The molecule has 0 N–H and O–H groups in total. The molecule has 0 nitrogen and oxygen atoms in total. The summed E-state index contributed by atoms with van der Waals surface area (Å²) < 4.78 is 0. The Hall–Kier alpha value is -1.30. The number of unbranched alkanes of at least 4 members (excludes halogenated alkanes) is 1. The van der Waals surface area contributed by atoms with Gasteiger partial charge in [0.25, 0.3) is 0 Å². The monoisotopic (exact) mass is 489 g/mol. The van der Waals surface area contributed by atoms with Crippen LogP contribution in [0.25, 0.3) is 0 Å². The first kappa shape index (κ1) is 40.9. The van der Waals surface area contributed by atoms with Crippen LogP contribution in [0, 0.1) is 17.8 Å². The van der Waals surface area contributed by atoms with Crippen LogP contribution < -0.4 is 0 Å². The molecule has 0 saturated heterocycles. The van der Waals surface area contributed by atoms with Crippen molar-refractivity contribution in [2.24, 2.45) is 17.8 Å². The Bertz CT molecular complexity index is 484. The normalized spacial score (nSPS) is 12.4. The molecular formula is C35H68. The Morgan fingerprint density at radius 2 is 1.43 bits per heavy atom. The molecular weight excluding hydrogens is 420 g/mol. The predicted molar refractivity (Wildman–Crippen MR) is 169 cm³/mol. The van der Waals surface area contributed by atoms with Gasteiger partial charge >= 0.3 is 0 Å². The molecule has 0 aromatic carbocycles. The summed E-state index contributed by atoms with van der Waals surface area (Å²) >= 11 is 0. The van der Waals surface area contributed by atoms with Gasteiger partial charge in [0.2, 0.25) is 0 Å². The highest BCUT2D eigenvalue weighted by atomic mass is 14.2. The standard InChI is InChI=1S/C15H26.C11H24.C7H12.C2H6/c1-5-9-12-14(8-4)13-15(10-6-2)11-7-3;1-5-8-9-11(7-3)10(4)6-2;1-4-5-6-7(2)3;1-2/h5,8-9,12,15H,1,6-7,10-11,13H2,2-4H3;10-11H,5-9H2,1-4H3;4H,1-2,5-6H2,3H3;1-2H3/b12-9-,14-8+;;;. The second kappa shape index (κ2) is 34.9. The van der Waals surface area contributed by atoms with E-state index in [2.05, 4.69) is 80.4 Å². The maximum absolute atomic E-state index is 3.74. The molecule has 0 saturated carbocycles. The lowest BCUT2D eigenvalue weighted by atomic mass is 9.86. The molecule has 0 aliphatic carbocycles. The van der Waals surface area contributed by atoms with E-state index in [9.17, 15) is 0 Å². The molecule has 0 amide bonds. The first-order valence-corrected chi connectivity index (χ1v) is 15.0. The zero-order chi connectivity index (χ0) is 27.9. The van der Waals surface area contributed by atoms with Crippen LogP contribution in [0.5, 0.6) is 0 Å². The van der Waals surface area contributed by atoms with Gasteiger partial charge in [-0.15, -0.1) is 13.2 Å². The van der Waals surface area contributed by atoms with Crippen molar-refractivity contribution in [2.75, 3.05) is 0 Å². The second-order valence-electron chi connectivity index (χ2n) is 9.59. The molecule has 35 heavy (non-hydrogen) atoms. The minimum absolute atomic E-state index is 0.862. The van der Waals surface area contributed by atoms with E-state index in [1.54, 1.807) is 0 Å². The third-order valence-electron chi connectivity index (χ3n) is 6.41. The van der Waals surface area contributed by atoms with Gasteiger partial charge in [-0.25, -0.2) is 0 Å². The molecule has 2 unspecified atom stereocenters. The number of hydrogen-bond donors (Lipinski definition) is 0. The van der Waals surface area contributed by atoms with Crippen LogP contribution in [0.3, 0.4) is 0 Å². The van der Waals surface area contributed by atoms with E-state index in [1.165, 1.54) is 75.4 Å². The van der Waals surface area contributed by atoms with Gasteiger partial charge in [-0.3, -0.25) is 0 Å². The largest absolute Gasteiger partial charge is 0.103 e. The fourth-order valence-electron chi connectivity index (χ4n) is 4.01. The van der Waals surface area contributed by atoms with Crippen LogP contribution in [0.1, 0.15) is 146 Å². The summed E-state index contributed by atoms with van der Waals surface area (Å²) in [5.74, 6) is 2.78. The fourth-order valence-corrected chi connectivity index (χ4v) is 4.01. The Balaban J connectivity index is -0.000000211. The lowest BCUT2D eigenvalue weighted by Crippen LogP contribution is -2.09. The Kier molecular flexibility index (Phi) is 40.7. The van der Waals surface area contributed by atoms with E-state index >= 15 is 0 Å². The topological polar surface area (TPSA) is 0 Å². The van der Waals surface area contributed by atoms with Gasteiger partial charge in [0.15, 0.2) is 0 Å². The maximum Gasteiger partial charge on any atom is -0.0254 e. The van der Waals surface area contributed by atoms with Crippen molar-refractivity contribution in [3.8, 4) is 0 Å². The molecule has 2 atom stereocenters. The lowest BCUT2D eigenvalue weighted by molar-refractivity contribution is 0.310. The Labute approximate surface area is 225 Å². The van der Waals surface area contributed by atoms with Crippen LogP contribution in [-0.4, -0.2) is 0 Å². The lowest BCUT2D eigenvalue weighted by Gasteiger charge is -2.20. The smallest absolute Gasteiger partial charge is 0.0254 e. The van der Waals surface area contributed by atoms with Gasteiger partial charge in [-0.05, 0) is 50.9 Å². The predicted octanol–water partition coefficient (Wildman–Crippen LogP) is 13.1. The zero-order valence-corrected chi connectivity index (χ0v) is 26.2. The van der Waals surface area contributed by atoms with Gasteiger partial charge in [0.05, 0.1) is 0 Å². The highest BCUT2D eigenvalue weighted by molar-refractivity contribution is 5.21. The molecule has 0 rings (SSSR count). The molecule has 0 aliphatic heterocycles. The molecule has 0 radical (unpaired) electrons. The van der Waals surface area contributed by atoms with Crippen LogP contribution in [0.15, 0.2) is 61.3 Å². The minimum Gasteiger partial charge on any atom is -0.103 e. The van der Waals surface area contributed by atoms with Crippen molar-refractivity contribution in [3.05, 3.63) is 61.3 Å². The minimum atomic E-state index is 0.862. The first-order valence-electron chi connectivity index (χ1n) is 15.0. The van der Waals surface area contributed by atoms with Crippen molar-refractivity contribution in [2.45, 2.75) is 146 Å². The highest BCUT2D eigenvalue weighted by Crippen LogP contribution is 2.24. The van der Waals surface area contributed by atoms with Crippen molar-refractivity contribution in [1.82, 2.24) is 0 Å². The van der Waals surface area contributed by atoms with Gasteiger partial charge < -0.3 is 0 Å². The summed E-state index contributed by atoms with van der Waals surface area (Å²) in [4.78, 5) is 0. The number of hydrogen-bond acceptors (Lipinski definition) is 0. The third kappa shape index (κ3) is 32.7. The summed E-state index contributed by atoms with van der Waals surface area (Å²) in [5.41, 5.74) is 2.68. The van der Waals surface area contributed by atoms with E-state index in [4.69, 9.17) is 0 Å². The molecule has 0 aliphatic rings. The van der Waals surface area contributed by atoms with E-state index in [-0.39, 0.29) is 0 Å². The first-order chi connectivity index (χ1) is 16.8. The fraction of sp³-hybridized carbons (Fsp3) is 0.714. The summed E-state index contributed by atoms with van der Waals surface area (Å²) in [6.45, 7) is 33.1. The molecule has 0 fully saturated rings. The average Bonchev–Trinajstić information content (AvgIpc) is 2.87. The zero-order valence-electron chi connectivity index (χ0n) is 26.2. The van der Waals surface area contributed by atoms with Crippen molar-refractivity contribution >= 4 is 0 Å². The van der Waals surface area contributed by atoms with Gasteiger partial charge in [0.1, 0.15) is 0 Å². The van der Waals surface area contributed by atoms with Crippen LogP contribution >= 0.6 is 0 Å². The maximum atomic E-state index is 3.74. The van der Waals surface area contributed by atoms with Crippen molar-refractivity contribution in [1.29, 1.82) is 0 Å². The molecule has 0 heterocycles. The summed E-state index contributed by atoms with van der Waals surface area (Å²) in [7, 11) is 0. The Morgan fingerprint density at radius 3 is 1.74 bits per heavy atom. The van der Waals surface area contributed by atoms with E-state index in [1.807, 2.05) is 39.0 Å². The average molecular weight is 489 g/mol. The molecule has 0 spiro atoms. The van der Waals surface area contributed by atoms with Gasteiger partial charge in [-0.2, -0.15) is 0 Å². The van der Waals surface area contributed by atoms with E-state index in [0.717, 1.165) is 30.6 Å². The summed E-state index contributed by atoms with van der Waals surface area (Å²) in [5, 5.41) is 0. The van der Waals surface area contributed by atoms with Gasteiger partial charge in [0, 0.05) is 0 Å². The summed E-state index contributed by atoms with van der Waals surface area (Å²) in [6.07, 6.45) is 25.8. The molecule has 0 bridgehead atoms. The number of allylic oxidation sites excluding steroid dienone is 7.